The van der Waals surface area contributed by atoms with Crippen LogP contribution in [-0.4, -0.2) is 27.2 Å². The summed E-state index contributed by atoms with van der Waals surface area (Å²) in [6.07, 6.45) is 0.521. The lowest BCUT2D eigenvalue weighted by Crippen LogP contribution is -2.13. The third kappa shape index (κ3) is 4.65. The Kier molecular flexibility index (Phi) is 6.10. The number of allylic oxidation sites excluding steroid dienone is 1. The van der Waals surface area contributed by atoms with E-state index < -0.39 is 10.0 Å². The second-order valence-electron chi connectivity index (χ2n) is 5.10. The molecule has 0 saturated heterocycles. The molecule has 0 heterocycles. The van der Waals surface area contributed by atoms with Crippen molar-refractivity contribution in [1.29, 1.82) is 0 Å². The van der Waals surface area contributed by atoms with E-state index in [0.717, 1.165) is 16.7 Å². The fourth-order valence-electron chi connectivity index (χ4n) is 2.32. The molecule has 0 aliphatic rings. The third-order valence-corrected chi connectivity index (χ3v) is 4.39. The van der Waals surface area contributed by atoms with E-state index in [1.807, 2.05) is 30.3 Å². The summed E-state index contributed by atoms with van der Waals surface area (Å²) in [5, 5.41) is 14.7. The Morgan fingerprint density at radius 2 is 1.75 bits per heavy atom. The molecule has 128 valence electrons. The van der Waals surface area contributed by atoms with Gasteiger partial charge in [-0.15, -0.1) is 0 Å². The minimum atomic E-state index is -3.75. The molecule has 0 spiro atoms. The monoisotopic (exact) mass is 348 g/mol. The molecule has 0 saturated carbocycles. The molecule has 0 aliphatic carbocycles. The number of sulfonamides is 1. The average molecular weight is 348 g/mol. The number of benzene rings is 2. The number of hydrogen-bond donors (Lipinski definition) is 3. The first-order chi connectivity index (χ1) is 11.5. The summed E-state index contributed by atoms with van der Waals surface area (Å²) in [5.41, 5.74) is 5.08. The summed E-state index contributed by atoms with van der Waals surface area (Å²) in [6.45, 7) is -0.292. The Labute approximate surface area is 141 Å². The number of nitrogens with two attached hydrogens (primary N) is 1. The van der Waals surface area contributed by atoms with Crippen LogP contribution in [0, 0.1) is 0 Å². The van der Waals surface area contributed by atoms with Crippen LogP contribution in [0.4, 0.5) is 0 Å². The average Bonchev–Trinajstić information content (AvgIpc) is 2.58. The minimum absolute atomic E-state index is 0.0328. The van der Waals surface area contributed by atoms with E-state index in [0.29, 0.717) is 12.2 Å². The van der Waals surface area contributed by atoms with Crippen LogP contribution in [0.3, 0.4) is 0 Å². The second kappa shape index (κ2) is 8.07. The number of nitrogens with one attached hydrogen (secondary N) is 1. The highest BCUT2D eigenvalue weighted by Crippen LogP contribution is 2.25. The molecule has 0 aromatic heterocycles. The Morgan fingerprint density at radius 3 is 2.25 bits per heavy atom. The molecule has 0 aliphatic heterocycles. The number of hydrogen-bond acceptors (Lipinski definition) is 5. The van der Waals surface area contributed by atoms with Gasteiger partial charge in [-0.1, -0.05) is 42.5 Å². The second-order valence-corrected chi connectivity index (χ2v) is 6.66. The van der Waals surface area contributed by atoms with Crippen LogP contribution >= 0.6 is 0 Å². The van der Waals surface area contributed by atoms with Crippen LogP contribution in [0.1, 0.15) is 11.1 Å². The van der Waals surface area contributed by atoms with Crippen molar-refractivity contribution in [2.45, 2.75) is 11.3 Å². The zero-order chi connectivity index (χ0) is 17.6. The molecule has 0 amide bonds. The van der Waals surface area contributed by atoms with Gasteiger partial charge in [-0.25, -0.2) is 13.6 Å². The van der Waals surface area contributed by atoms with Gasteiger partial charge in [0.1, 0.15) is 6.61 Å². The van der Waals surface area contributed by atoms with E-state index in [9.17, 15) is 13.5 Å². The van der Waals surface area contributed by atoms with Crippen molar-refractivity contribution >= 4 is 15.6 Å². The molecule has 2 aromatic rings. The van der Waals surface area contributed by atoms with Gasteiger partial charge in [-0.2, -0.15) is 5.48 Å². The van der Waals surface area contributed by atoms with Crippen LogP contribution in [0.2, 0.25) is 0 Å². The Hall–Kier alpha value is -2.19. The molecule has 7 heteroatoms. The summed E-state index contributed by atoms with van der Waals surface area (Å²) >= 11 is 0. The predicted octanol–water partition coefficient (Wildman–Crippen LogP) is 1.43. The Morgan fingerprint density at radius 1 is 1.12 bits per heavy atom. The van der Waals surface area contributed by atoms with Crippen molar-refractivity contribution in [2.75, 3.05) is 13.7 Å². The molecular formula is C17H20N2O4S. The van der Waals surface area contributed by atoms with Crippen molar-refractivity contribution in [1.82, 2.24) is 5.48 Å². The molecular weight excluding hydrogens is 328 g/mol. The van der Waals surface area contributed by atoms with Crippen molar-refractivity contribution in [3.8, 4) is 0 Å². The van der Waals surface area contributed by atoms with Crippen molar-refractivity contribution in [3.63, 3.8) is 0 Å². The summed E-state index contributed by atoms with van der Waals surface area (Å²) in [5.74, 6) is 0.365. The van der Waals surface area contributed by atoms with Gasteiger partial charge < -0.3 is 9.94 Å². The lowest BCUT2D eigenvalue weighted by atomic mass is 9.97. The van der Waals surface area contributed by atoms with Gasteiger partial charge in [-0.3, -0.25) is 0 Å². The maximum absolute atomic E-state index is 11.4. The van der Waals surface area contributed by atoms with Gasteiger partial charge in [0.2, 0.25) is 10.0 Å². The zero-order valence-electron chi connectivity index (χ0n) is 13.3. The smallest absolute Gasteiger partial charge is 0.238 e. The topological polar surface area (TPSA) is 102 Å². The van der Waals surface area contributed by atoms with Crippen molar-refractivity contribution in [3.05, 3.63) is 71.5 Å². The first-order valence-electron chi connectivity index (χ1n) is 7.29. The highest BCUT2D eigenvalue weighted by Gasteiger charge is 2.14. The van der Waals surface area contributed by atoms with E-state index in [4.69, 9.17) is 9.98 Å². The molecule has 4 N–H and O–H groups in total. The van der Waals surface area contributed by atoms with Gasteiger partial charge in [0.15, 0.2) is 5.76 Å². The fraction of sp³-hybridized carbons (Fsp3) is 0.176. The van der Waals surface area contributed by atoms with Gasteiger partial charge in [0.05, 0.1) is 4.90 Å². The van der Waals surface area contributed by atoms with Crippen LogP contribution in [-0.2, 0) is 21.3 Å². The SMILES string of the molecule is CNO/C(CO)=C(\Cc1ccccc1)c1ccc(S(N)(=O)=O)cc1. The molecule has 2 aromatic carbocycles. The van der Waals surface area contributed by atoms with Gasteiger partial charge in [0, 0.05) is 19.0 Å². The van der Waals surface area contributed by atoms with Crippen LogP contribution in [0.5, 0.6) is 0 Å². The number of aliphatic hydroxyl groups excluding tert-OH is 1. The summed E-state index contributed by atoms with van der Waals surface area (Å²) in [7, 11) is -2.15. The van der Waals surface area contributed by atoms with E-state index in [1.54, 1.807) is 19.2 Å². The molecule has 0 atom stereocenters. The van der Waals surface area contributed by atoms with Crippen molar-refractivity contribution < 1.29 is 18.4 Å². The number of aliphatic hydroxyl groups is 1. The maximum atomic E-state index is 11.4. The quantitative estimate of drug-likeness (QED) is 0.519. The van der Waals surface area contributed by atoms with Gasteiger partial charge in [0.25, 0.3) is 0 Å². The van der Waals surface area contributed by atoms with Crippen LogP contribution in [0.25, 0.3) is 5.57 Å². The van der Waals surface area contributed by atoms with E-state index in [1.165, 1.54) is 12.1 Å². The maximum Gasteiger partial charge on any atom is 0.238 e. The molecule has 0 fully saturated rings. The summed E-state index contributed by atoms with van der Waals surface area (Å²) < 4.78 is 22.8. The number of primary sulfonamides is 1. The van der Waals surface area contributed by atoms with Gasteiger partial charge in [-0.05, 0) is 23.3 Å². The molecule has 0 radical (unpaired) electrons. The van der Waals surface area contributed by atoms with Crippen LogP contribution < -0.4 is 10.6 Å². The van der Waals surface area contributed by atoms with Gasteiger partial charge >= 0.3 is 0 Å². The lowest BCUT2D eigenvalue weighted by molar-refractivity contribution is 0.0962. The standard InChI is InChI=1S/C17H20N2O4S/c1-19-23-17(12-20)16(11-13-5-3-2-4-6-13)14-7-9-15(10-8-14)24(18,21)22/h2-10,19-20H,11-12H2,1H3,(H2,18,21,22)/b17-16+. The lowest BCUT2D eigenvalue weighted by Gasteiger charge is -2.15. The number of rotatable bonds is 7. The fourth-order valence-corrected chi connectivity index (χ4v) is 2.84. The van der Waals surface area contributed by atoms with Crippen molar-refractivity contribution in [2.24, 2.45) is 5.14 Å². The molecule has 2 rings (SSSR count). The minimum Gasteiger partial charge on any atom is -0.411 e. The van der Waals surface area contributed by atoms with E-state index in [-0.39, 0.29) is 11.5 Å². The normalized spacial score (nSPS) is 12.6. The summed E-state index contributed by atoms with van der Waals surface area (Å²) in [4.78, 5) is 5.35. The highest BCUT2D eigenvalue weighted by molar-refractivity contribution is 7.89. The van der Waals surface area contributed by atoms with E-state index >= 15 is 0 Å². The predicted molar refractivity (Wildman–Crippen MR) is 92.1 cm³/mol. The highest BCUT2D eigenvalue weighted by atomic mass is 32.2. The largest absolute Gasteiger partial charge is 0.411 e. The first kappa shape index (κ1) is 18.2. The molecule has 0 bridgehead atoms. The Bertz CT molecular complexity index is 800. The zero-order valence-corrected chi connectivity index (χ0v) is 14.1. The molecule has 24 heavy (non-hydrogen) atoms. The first-order valence-corrected chi connectivity index (χ1v) is 8.84. The summed E-state index contributed by atoms with van der Waals surface area (Å²) in [6, 6.07) is 15.9. The Balaban J connectivity index is 2.46. The van der Waals surface area contributed by atoms with E-state index in [2.05, 4.69) is 5.48 Å². The molecule has 0 unspecified atom stereocenters. The number of hydroxylamine groups is 1. The third-order valence-electron chi connectivity index (χ3n) is 3.46. The van der Waals surface area contributed by atoms with Crippen LogP contribution in [0.15, 0.2) is 65.3 Å². The molecule has 6 nitrogen and oxygen atoms in total.